The number of aromatic nitrogens is 2. The highest BCUT2D eigenvalue weighted by Crippen LogP contribution is 2.23. The molecule has 3 heterocycles. The van der Waals surface area contributed by atoms with Gasteiger partial charge in [-0.25, -0.2) is 9.97 Å². The Hall–Kier alpha value is -1.89. The number of piperidine rings is 1. The molecule has 2 fully saturated rings. The molecule has 2 aliphatic rings. The molecule has 2 saturated heterocycles. The lowest BCUT2D eigenvalue weighted by Gasteiger charge is -2.33. The fourth-order valence-electron chi connectivity index (χ4n) is 3.08. The van der Waals surface area contributed by atoms with Gasteiger partial charge in [0.15, 0.2) is 5.82 Å². The van der Waals surface area contributed by atoms with Crippen molar-refractivity contribution in [2.24, 2.45) is 0 Å². The number of amides is 1. The quantitative estimate of drug-likeness (QED) is 0.885. The lowest BCUT2D eigenvalue weighted by Crippen LogP contribution is -2.46. The molecule has 2 aliphatic heterocycles. The number of hydrogen-bond donors (Lipinski definition) is 1. The molecule has 0 aromatic carbocycles. The van der Waals surface area contributed by atoms with Gasteiger partial charge in [0.1, 0.15) is 6.10 Å². The second-order valence-corrected chi connectivity index (χ2v) is 5.89. The summed E-state index contributed by atoms with van der Waals surface area (Å²) in [6.45, 7) is 4.69. The molecule has 0 aliphatic carbocycles. The molecule has 0 bridgehead atoms. The highest BCUT2D eigenvalue weighted by atomic mass is 16.5. The Morgan fingerprint density at radius 1 is 1.35 bits per heavy atom. The lowest BCUT2D eigenvalue weighted by molar-refractivity contribution is -0.141. The number of carbonyl (C=O) groups excluding carboxylic acids is 1. The molecule has 126 valence electrons. The van der Waals surface area contributed by atoms with E-state index >= 15 is 0 Å². The van der Waals surface area contributed by atoms with Gasteiger partial charge in [0.25, 0.3) is 11.8 Å². The Kier molecular flexibility index (Phi) is 5.27. The standard InChI is InChI=1S/C16H24N4O3/c1-2-22-15-14(17-7-8-18-15)19-12-5-9-20(10-6-12)16(21)13-4-3-11-23-13/h7-8,12-13H,2-6,9-11H2,1H3,(H,17,19). The number of hydrogen-bond acceptors (Lipinski definition) is 6. The summed E-state index contributed by atoms with van der Waals surface area (Å²) in [6, 6.07) is 0.277. The van der Waals surface area contributed by atoms with Crippen LogP contribution in [0.25, 0.3) is 0 Å². The van der Waals surface area contributed by atoms with Crippen LogP contribution >= 0.6 is 0 Å². The second-order valence-electron chi connectivity index (χ2n) is 5.89. The highest BCUT2D eigenvalue weighted by Gasteiger charge is 2.31. The van der Waals surface area contributed by atoms with E-state index in [0.29, 0.717) is 24.9 Å². The van der Waals surface area contributed by atoms with Gasteiger partial charge in [-0.05, 0) is 32.6 Å². The molecule has 23 heavy (non-hydrogen) atoms. The highest BCUT2D eigenvalue weighted by molar-refractivity contribution is 5.81. The van der Waals surface area contributed by atoms with E-state index in [9.17, 15) is 4.79 Å². The van der Waals surface area contributed by atoms with E-state index in [4.69, 9.17) is 9.47 Å². The minimum Gasteiger partial charge on any atom is -0.475 e. The Balaban J connectivity index is 1.52. The van der Waals surface area contributed by atoms with E-state index in [2.05, 4.69) is 15.3 Å². The predicted molar refractivity (Wildman–Crippen MR) is 85.4 cm³/mol. The van der Waals surface area contributed by atoms with Crippen LogP contribution in [0.1, 0.15) is 32.6 Å². The zero-order chi connectivity index (χ0) is 16.1. The minimum absolute atomic E-state index is 0.149. The molecule has 3 rings (SSSR count). The second kappa shape index (κ2) is 7.59. The van der Waals surface area contributed by atoms with E-state index in [1.165, 1.54) is 0 Å². The maximum Gasteiger partial charge on any atom is 0.257 e. The van der Waals surface area contributed by atoms with E-state index in [1.807, 2.05) is 11.8 Å². The van der Waals surface area contributed by atoms with E-state index in [0.717, 1.165) is 38.8 Å². The molecule has 7 heteroatoms. The van der Waals surface area contributed by atoms with Crippen LogP contribution in [0.15, 0.2) is 12.4 Å². The predicted octanol–water partition coefficient (Wildman–Crippen LogP) is 1.46. The molecule has 0 spiro atoms. The third-order valence-corrected chi connectivity index (χ3v) is 4.30. The zero-order valence-electron chi connectivity index (χ0n) is 13.5. The van der Waals surface area contributed by atoms with E-state index in [-0.39, 0.29) is 18.1 Å². The van der Waals surface area contributed by atoms with Gasteiger partial charge < -0.3 is 19.7 Å². The first-order valence-corrected chi connectivity index (χ1v) is 8.38. The van der Waals surface area contributed by atoms with Crippen LogP contribution in [0, 0.1) is 0 Å². The van der Waals surface area contributed by atoms with Crippen LogP contribution in [-0.2, 0) is 9.53 Å². The SMILES string of the molecule is CCOc1nccnc1NC1CCN(C(=O)C2CCCO2)CC1. The van der Waals surface area contributed by atoms with Crippen molar-refractivity contribution < 1.29 is 14.3 Å². The van der Waals surface area contributed by atoms with Crippen molar-refractivity contribution in [3.63, 3.8) is 0 Å². The average molecular weight is 320 g/mol. The number of carbonyl (C=O) groups is 1. The Morgan fingerprint density at radius 2 is 2.13 bits per heavy atom. The summed E-state index contributed by atoms with van der Waals surface area (Å²) in [4.78, 5) is 22.8. The van der Waals surface area contributed by atoms with Gasteiger partial charge in [0.05, 0.1) is 6.61 Å². The molecular formula is C16H24N4O3. The lowest BCUT2D eigenvalue weighted by atomic mass is 10.0. The van der Waals surface area contributed by atoms with Gasteiger partial charge in [-0.15, -0.1) is 0 Å². The van der Waals surface area contributed by atoms with Crippen molar-refractivity contribution in [3.05, 3.63) is 12.4 Å². The number of likely N-dealkylation sites (tertiary alicyclic amines) is 1. The number of ether oxygens (including phenoxy) is 2. The molecule has 0 saturated carbocycles. The summed E-state index contributed by atoms with van der Waals surface area (Å²) >= 11 is 0. The van der Waals surface area contributed by atoms with Gasteiger partial charge in [0.2, 0.25) is 0 Å². The number of nitrogens with zero attached hydrogens (tertiary/aromatic N) is 3. The molecule has 1 atom stereocenters. The largest absolute Gasteiger partial charge is 0.475 e. The third-order valence-electron chi connectivity index (χ3n) is 4.30. The Bertz CT molecular complexity index is 526. The van der Waals surface area contributed by atoms with Gasteiger partial charge >= 0.3 is 0 Å². The minimum atomic E-state index is -0.218. The molecule has 1 amide bonds. The summed E-state index contributed by atoms with van der Waals surface area (Å²) in [5, 5.41) is 3.40. The summed E-state index contributed by atoms with van der Waals surface area (Å²) in [7, 11) is 0. The van der Waals surface area contributed by atoms with Crippen LogP contribution in [0.5, 0.6) is 5.88 Å². The first kappa shape index (κ1) is 16.0. The molecule has 1 aromatic rings. The fraction of sp³-hybridized carbons (Fsp3) is 0.688. The topological polar surface area (TPSA) is 76.6 Å². The van der Waals surface area contributed by atoms with Gasteiger partial charge in [-0.3, -0.25) is 4.79 Å². The van der Waals surface area contributed by atoms with Crippen LogP contribution in [0.3, 0.4) is 0 Å². The fourth-order valence-corrected chi connectivity index (χ4v) is 3.08. The maximum absolute atomic E-state index is 12.3. The van der Waals surface area contributed by atoms with Crippen molar-refractivity contribution >= 4 is 11.7 Å². The molecule has 0 radical (unpaired) electrons. The van der Waals surface area contributed by atoms with Crippen LogP contribution in [-0.4, -0.2) is 59.2 Å². The summed E-state index contributed by atoms with van der Waals surface area (Å²) in [5.41, 5.74) is 0. The Morgan fingerprint density at radius 3 is 2.83 bits per heavy atom. The number of anilines is 1. The summed E-state index contributed by atoms with van der Waals surface area (Å²) in [6.07, 6.45) is 6.68. The number of nitrogens with one attached hydrogen (secondary N) is 1. The van der Waals surface area contributed by atoms with Gasteiger partial charge in [-0.1, -0.05) is 0 Å². The molecule has 1 aromatic heterocycles. The molecule has 1 unspecified atom stereocenters. The van der Waals surface area contributed by atoms with Crippen LogP contribution in [0.4, 0.5) is 5.82 Å². The van der Waals surface area contributed by atoms with E-state index in [1.54, 1.807) is 12.4 Å². The molecule has 1 N–H and O–H groups in total. The maximum atomic E-state index is 12.3. The first-order chi connectivity index (χ1) is 11.3. The van der Waals surface area contributed by atoms with Gasteiger partial charge in [-0.2, -0.15) is 0 Å². The van der Waals surface area contributed by atoms with E-state index < -0.39 is 0 Å². The zero-order valence-corrected chi connectivity index (χ0v) is 13.5. The average Bonchev–Trinajstić information content (AvgIpc) is 3.11. The van der Waals surface area contributed by atoms with Gasteiger partial charge in [0, 0.05) is 38.1 Å². The molecular weight excluding hydrogens is 296 g/mol. The third kappa shape index (κ3) is 3.90. The van der Waals surface area contributed by atoms with Crippen LogP contribution < -0.4 is 10.1 Å². The monoisotopic (exact) mass is 320 g/mol. The summed E-state index contributed by atoms with van der Waals surface area (Å²) < 4.78 is 11.0. The first-order valence-electron chi connectivity index (χ1n) is 8.38. The van der Waals surface area contributed by atoms with Crippen molar-refractivity contribution in [2.45, 2.75) is 44.8 Å². The number of rotatable bonds is 5. The smallest absolute Gasteiger partial charge is 0.257 e. The van der Waals surface area contributed by atoms with Crippen molar-refractivity contribution in [2.75, 3.05) is 31.6 Å². The van der Waals surface area contributed by atoms with Crippen molar-refractivity contribution in [1.82, 2.24) is 14.9 Å². The summed E-state index contributed by atoms with van der Waals surface area (Å²) in [5.74, 6) is 1.36. The molecule has 7 nitrogen and oxygen atoms in total. The Labute approximate surface area is 136 Å². The normalized spacial score (nSPS) is 22.1. The van der Waals surface area contributed by atoms with Crippen LogP contribution in [0.2, 0.25) is 0 Å². The van der Waals surface area contributed by atoms with Crippen molar-refractivity contribution in [3.8, 4) is 5.88 Å². The van der Waals surface area contributed by atoms with Crippen molar-refractivity contribution in [1.29, 1.82) is 0 Å².